The average molecular weight is 281 g/mol. The second-order valence-electron chi connectivity index (χ2n) is 5.24. The standard InChI is InChI=1S/C16H21ClO2/c17-14-11-15(8-4-5-9-18)19-16(12-14)10-13-6-2-1-3-7-13/h1-3,6-7,9,14-16H,4-5,8,10-12H2/t14-,15+,16-/m1/s1. The van der Waals surface area contributed by atoms with Crippen LogP contribution in [0, 0.1) is 0 Å². The summed E-state index contributed by atoms with van der Waals surface area (Å²) >= 11 is 6.34. The van der Waals surface area contributed by atoms with E-state index in [1.807, 2.05) is 6.07 Å². The first kappa shape index (κ1) is 14.5. The first-order valence-electron chi connectivity index (χ1n) is 7.05. The normalized spacial score (nSPS) is 27.1. The van der Waals surface area contributed by atoms with Crippen molar-refractivity contribution in [1.82, 2.24) is 0 Å². The summed E-state index contributed by atoms with van der Waals surface area (Å²) in [6.45, 7) is 0. The molecule has 0 aliphatic carbocycles. The average Bonchev–Trinajstić information content (AvgIpc) is 2.39. The second kappa shape index (κ2) is 7.66. The SMILES string of the molecule is O=CCCC[C@H]1C[C@@H](Cl)C[C@@H](Cc2ccccc2)O1. The van der Waals surface area contributed by atoms with E-state index in [-0.39, 0.29) is 17.6 Å². The predicted octanol–water partition coefficient (Wildman–Crippen LogP) is 3.75. The number of rotatable bonds is 6. The molecular weight excluding hydrogens is 260 g/mol. The third-order valence-corrected chi connectivity index (χ3v) is 3.93. The maximum absolute atomic E-state index is 10.3. The summed E-state index contributed by atoms with van der Waals surface area (Å²) in [5.74, 6) is 0. The molecule has 0 radical (unpaired) electrons. The Kier molecular flexibility index (Phi) is 5.87. The van der Waals surface area contributed by atoms with Crippen molar-refractivity contribution < 1.29 is 9.53 Å². The van der Waals surface area contributed by atoms with E-state index in [9.17, 15) is 4.79 Å². The van der Waals surface area contributed by atoms with E-state index < -0.39 is 0 Å². The molecule has 1 aliphatic rings. The molecule has 0 spiro atoms. The molecule has 104 valence electrons. The van der Waals surface area contributed by atoms with Gasteiger partial charge in [0, 0.05) is 11.8 Å². The van der Waals surface area contributed by atoms with E-state index >= 15 is 0 Å². The van der Waals surface area contributed by atoms with Crippen LogP contribution in [0.2, 0.25) is 0 Å². The maximum Gasteiger partial charge on any atom is 0.119 e. The van der Waals surface area contributed by atoms with Crippen molar-refractivity contribution in [1.29, 1.82) is 0 Å². The Morgan fingerprint density at radius 1 is 1.21 bits per heavy atom. The zero-order valence-corrected chi connectivity index (χ0v) is 11.9. The molecule has 0 bridgehead atoms. The van der Waals surface area contributed by atoms with Crippen LogP contribution in [0.5, 0.6) is 0 Å². The molecule has 3 heteroatoms. The molecule has 1 aromatic carbocycles. The number of alkyl halides is 1. The molecule has 1 aliphatic heterocycles. The maximum atomic E-state index is 10.3. The molecule has 1 aromatic rings. The molecule has 0 saturated carbocycles. The van der Waals surface area contributed by atoms with Gasteiger partial charge >= 0.3 is 0 Å². The first-order valence-corrected chi connectivity index (χ1v) is 7.48. The lowest BCUT2D eigenvalue weighted by molar-refractivity contribution is -0.108. The lowest BCUT2D eigenvalue weighted by Crippen LogP contribution is -2.34. The van der Waals surface area contributed by atoms with E-state index in [0.717, 1.165) is 38.4 Å². The third-order valence-electron chi connectivity index (χ3n) is 3.58. The summed E-state index contributed by atoms with van der Waals surface area (Å²) in [5, 5.41) is 0.198. The fourth-order valence-electron chi connectivity index (χ4n) is 2.67. The number of unbranched alkanes of at least 4 members (excludes halogenated alkanes) is 1. The highest BCUT2D eigenvalue weighted by Crippen LogP contribution is 2.28. The lowest BCUT2D eigenvalue weighted by atomic mass is 9.96. The van der Waals surface area contributed by atoms with Gasteiger partial charge in [-0.05, 0) is 37.7 Å². The van der Waals surface area contributed by atoms with E-state index in [4.69, 9.17) is 16.3 Å². The molecule has 1 heterocycles. The number of hydrogen-bond donors (Lipinski definition) is 0. The summed E-state index contributed by atoms with van der Waals surface area (Å²) in [5.41, 5.74) is 1.30. The van der Waals surface area contributed by atoms with Gasteiger partial charge in [-0.2, -0.15) is 0 Å². The molecule has 1 saturated heterocycles. The van der Waals surface area contributed by atoms with Crippen molar-refractivity contribution >= 4 is 17.9 Å². The number of halogens is 1. The molecule has 2 nitrogen and oxygen atoms in total. The van der Waals surface area contributed by atoms with Gasteiger partial charge in [-0.3, -0.25) is 0 Å². The summed E-state index contributed by atoms with van der Waals surface area (Å²) in [6, 6.07) is 10.4. The van der Waals surface area contributed by atoms with Gasteiger partial charge in [-0.25, -0.2) is 0 Å². The molecule has 3 atom stereocenters. The highest BCUT2D eigenvalue weighted by molar-refractivity contribution is 6.20. The monoisotopic (exact) mass is 280 g/mol. The number of carbonyl (C=O) groups excluding carboxylic acids is 1. The molecule has 1 fully saturated rings. The van der Waals surface area contributed by atoms with Gasteiger partial charge < -0.3 is 9.53 Å². The lowest BCUT2D eigenvalue weighted by Gasteiger charge is -2.33. The molecule has 0 unspecified atom stereocenters. The Morgan fingerprint density at radius 3 is 2.68 bits per heavy atom. The Balaban J connectivity index is 1.85. The minimum atomic E-state index is 0.198. The van der Waals surface area contributed by atoms with Crippen molar-refractivity contribution in [2.24, 2.45) is 0 Å². The molecule has 0 amide bonds. The van der Waals surface area contributed by atoms with Gasteiger partial charge in [0.2, 0.25) is 0 Å². The number of carbonyl (C=O) groups is 1. The van der Waals surface area contributed by atoms with Gasteiger partial charge in [0.25, 0.3) is 0 Å². The van der Waals surface area contributed by atoms with E-state index in [0.29, 0.717) is 6.42 Å². The fourth-order valence-corrected chi connectivity index (χ4v) is 3.07. The van der Waals surface area contributed by atoms with Crippen molar-refractivity contribution in [3.05, 3.63) is 35.9 Å². The summed E-state index contributed by atoms with van der Waals surface area (Å²) in [4.78, 5) is 10.3. The number of aldehydes is 1. The summed E-state index contributed by atoms with van der Waals surface area (Å²) < 4.78 is 6.11. The number of ether oxygens (including phenoxy) is 1. The topological polar surface area (TPSA) is 26.3 Å². The fraction of sp³-hybridized carbons (Fsp3) is 0.562. The molecule has 0 aromatic heterocycles. The third kappa shape index (κ3) is 4.96. The molecule has 19 heavy (non-hydrogen) atoms. The Hall–Kier alpha value is -0.860. The minimum absolute atomic E-state index is 0.198. The van der Waals surface area contributed by atoms with Crippen LogP contribution in [0.25, 0.3) is 0 Å². The van der Waals surface area contributed by atoms with Crippen LogP contribution in [0.1, 0.15) is 37.7 Å². The van der Waals surface area contributed by atoms with Crippen LogP contribution < -0.4 is 0 Å². The summed E-state index contributed by atoms with van der Waals surface area (Å²) in [6.07, 6.45) is 6.60. The van der Waals surface area contributed by atoms with Crippen LogP contribution >= 0.6 is 11.6 Å². The predicted molar refractivity (Wildman–Crippen MR) is 77.6 cm³/mol. The molecule has 2 rings (SSSR count). The van der Waals surface area contributed by atoms with Crippen LogP contribution in [-0.2, 0) is 16.0 Å². The highest BCUT2D eigenvalue weighted by Gasteiger charge is 2.28. The van der Waals surface area contributed by atoms with Crippen LogP contribution in [0.15, 0.2) is 30.3 Å². The Labute approximate surface area is 120 Å². The van der Waals surface area contributed by atoms with E-state index in [1.54, 1.807) is 0 Å². The Morgan fingerprint density at radius 2 is 1.95 bits per heavy atom. The van der Waals surface area contributed by atoms with Gasteiger partial charge in [-0.15, -0.1) is 11.6 Å². The van der Waals surface area contributed by atoms with Crippen LogP contribution in [0.4, 0.5) is 0 Å². The zero-order chi connectivity index (χ0) is 13.5. The van der Waals surface area contributed by atoms with Gasteiger partial charge in [-0.1, -0.05) is 30.3 Å². The summed E-state index contributed by atoms with van der Waals surface area (Å²) in [7, 11) is 0. The minimum Gasteiger partial charge on any atom is -0.375 e. The van der Waals surface area contributed by atoms with E-state index in [1.165, 1.54) is 5.56 Å². The largest absolute Gasteiger partial charge is 0.375 e. The van der Waals surface area contributed by atoms with Crippen molar-refractivity contribution in [3.63, 3.8) is 0 Å². The van der Waals surface area contributed by atoms with Gasteiger partial charge in [0.15, 0.2) is 0 Å². The van der Waals surface area contributed by atoms with Gasteiger partial charge in [0.1, 0.15) is 6.29 Å². The van der Waals surface area contributed by atoms with Crippen LogP contribution in [0.3, 0.4) is 0 Å². The second-order valence-corrected chi connectivity index (χ2v) is 5.85. The molecule has 0 N–H and O–H groups in total. The van der Waals surface area contributed by atoms with Crippen LogP contribution in [-0.4, -0.2) is 23.9 Å². The first-order chi connectivity index (χ1) is 9.28. The van der Waals surface area contributed by atoms with E-state index in [2.05, 4.69) is 24.3 Å². The van der Waals surface area contributed by atoms with Gasteiger partial charge in [0.05, 0.1) is 12.2 Å². The van der Waals surface area contributed by atoms with Crippen molar-refractivity contribution in [3.8, 4) is 0 Å². The smallest absolute Gasteiger partial charge is 0.119 e. The quantitative estimate of drug-likeness (QED) is 0.451. The molecular formula is C16H21ClO2. The Bertz CT molecular complexity index is 380. The van der Waals surface area contributed by atoms with Crippen molar-refractivity contribution in [2.75, 3.05) is 0 Å². The number of hydrogen-bond acceptors (Lipinski definition) is 2. The zero-order valence-electron chi connectivity index (χ0n) is 11.1. The van der Waals surface area contributed by atoms with Crippen molar-refractivity contribution in [2.45, 2.75) is 56.1 Å². The number of benzene rings is 1. The highest BCUT2D eigenvalue weighted by atomic mass is 35.5.